The lowest BCUT2D eigenvalue weighted by Gasteiger charge is -2.36. The van der Waals surface area contributed by atoms with Gasteiger partial charge in [0, 0.05) is 36.2 Å². The first kappa shape index (κ1) is 15.8. The normalized spacial score (nSPS) is 18.6. The van der Waals surface area contributed by atoms with Crippen LogP contribution < -0.4 is 0 Å². The first-order valence-corrected chi connectivity index (χ1v) is 7.70. The number of nitrogens with zero attached hydrogens (tertiary/aromatic N) is 2. The van der Waals surface area contributed by atoms with Crippen molar-refractivity contribution < 1.29 is 9.72 Å². The lowest BCUT2D eigenvalue weighted by Crippen LogP contribution is -2.44. The number of carbonyl (C=O) groups excluding carboxylic acids is 1. The zero-order valence-electron chi connectivity index (χ0n) is 12.0. The van der Waals surface area contributed by atoms with E-state index in [0.29, 0.717) is 17.0 Å². The summed E-state index contributed by atoms with van der Waals surface area (Å²) >= 11 is 5.82. The standard InChI is InChI=1S/C15H19ClN2O3/c1-11-10-13(18(20)21)5-6-14(11)15(19)17-9-3-2-4-12(17)7-8-16/h5-6,10,12H,2-4,7-9H2,1H3. The fourth-order valence-corrected chi connectivity index (χ4v) is 3.10. The maximum atomic E-state index is 12.7. The van der Waals surface area contributed by atoms with Crippen molar-refractivity contribution in [2.75, 3.05) is 12.4 Å². The van der Waals surface area contributed by atoms with E-state index in [2.05, 4.69) is 0 Å². The van der Waals surface area contributed by atoms with E-state index in [1.165, 1.54) is 12.1 Å². The number of nitro benzene ring substituents is 1. The van der Waals surface area contributed by atoms with Crippen LogP contribution in [-0.2, 0) is 0 Å². The highest BCUT2D eigenvalue weighted by Gasteiger charge is 2.28. The maximum absolute atomic E-state index is 12.7. The number of piperidine rings is 1. The molecule has 0 aromatic heterocycles. The second-order valence-electron chi connectivity index (χ2n) is 5.38. The molecule has 1 aromatic carbocycles. The zero-order chi connectivity index (χ0) is 15.4. The van der Waals surface area contributed by atoms with Crippen LogP contribution in [0.2, 0.25) is 0 Å². The zero-order valence-corrected chi connectivity index (χ0v) is 12.8. The molecule has 0 saturated carbocycles. The van der Waals surface area contributed by atoms with Crippen molar-refractivity contribution >= 4 is 23.2 Å². The molecule has 5 nitrogen and oxygen atoms in total. The molecule has 1 heterocycles. The Hall–Kier alpha value is -1.62. The van der Waals surface area contributed by atoms with Crippen LogP contribution in [0.3, 0.4) is 0 Å². The van der Waals surface area contributed by atoms with Crippen LogP contribution in [-0.4, -0.2) is 34.2 Å². The summed E-state index contributed by atoms with van der Waals surface area (Å²) < 4.78 is 0. The molecule has 1 aliphatic heterocycles. The molecule has 21 heavy (non-hydrogen) atoms. The van der Waals surface area contributed by atoms with Gasteiger partial charge >= 0.3 is 0 Å². The molecule has 1 saturated heterocycles. The van der Waals surface area contributed by atoms with Gasteiger partial charge in [0.15, 0.2) is 0 Å². The second kappa shape index (κ2) is 6.89. The number of nitro groups is 1. The van der Waals surface area contributed by atoms with Crippen molar-refractivity contribution in [3.8, 4) is 0 Å². The number of carbonyl (C=O) groups is 1. The minimum atomic E-state index is -0.446. The molecule has 2 rings (SSSR count). The fourth-order valence-electron chi connectivity index (χ4n) is 2.85. The first-order valence-electron chi connectivity index (χ1n) is 7.16. The lowest BCUT2D eigenvalue weighted by molar-refractivity contribution is -0.384. The predicted octanol–water partition coefficient (Wildman–Crippen LogP) is 3.53. The van der Waals surface area contributed by atoms with Crippen molar-refractivity contribution in [1.29, 1.82) is 0 Å². The average Bonchev–Trinajstić information content (AvgIpc) is 2.47. The third-order valence-electron chi connectivity index (χ3n) is 3.98. The number of benzene rings is 1. The van der Waals surface area contributed by atoms with Gasteiger partial charge in [0.1, 0.15) is 0 Å². The van der Waals surface area contributed by atoms with Crippen molar-refractivity contribution in [3.63, 3.8) is 0 Å². The molecular weight excluding hydrogens is 292 g/mol. The quantitative estimate of drug-likeness (QED) is 0.485. The highest BCUT2D eigenvalue weighted by atomic mass is 35.5. The Balaban J connectivity index is 2.23. The van der Waals surface area contributed by atoms with Crippen molar-refractivity contribution in [3.05, 3.63) is 39.4 Å². The van der Waals surface area contributed by atoms with E-state index in [9.17, 15) is 14.9 Å². The Labute approximate surface area is 129 Å². The van der Waals surface area contributed by atoms with Crippen LogP contribution in [0.1, 0.15) is 41.6 Å². The summed E-state index contributed by atoms with van der Waals surface area (Å²) in [6, 6.07) is 4.58. The second-order valence-corrected chi connectivity index (χ2v) is 5.76. The Morgan fingerprint density at radius 1 is 1.48 bits per heavy atom. The summed E-state index contributed by atoms with van der Waals surface area (Å²) in [6.45, 7) is 2.47. The molecule has 1 aromatic rings. The summed E-state index contributed by atoms with van der Waals surface area (Å²) in [4.78, 5) is 24.9. The van der Waals surface area contributed by atoms with Crippen LogP contribution in [0.5, 0.6) is 0 Å². The van der Waals surface area contributed by atoms with Gasteiger partial charge < -0.3 is 4.90 Å². The van der Waals surface area contributed by atoms with Gasteiger partial charge in [-0.25, -0.2) is 0 Å². The van der Waals surface area contributed by atoms with E-state index in [4.69, 9.17) is 11.6 Å². The molecule has 0 bridgehead atoms. The van der Waals surface area contributed by atoms with Crippen LogP contribution in [0.25, 0.3) is 0 Å². The molecule has 1 atom stereocenters. The number of hydrogen-bond donors (Lipinski definition) is 0. The van der Waals surface area contributed by atoms with Crippen LogP contribution in [0.4, 0.5) is 5.69 Å². The van der Waals surface area contributed by atoms with Gasteiger partial charge in [-0.3, -0.25) is 14.9 Å². The molecule has 1 unspecified atom stereocenters. The Morgan fingerprint density at radius 3 is 2.86 bits per heavy atom. The number of aryl methyl sites for hydroxylation is 1. The molecule has 6 heteroatoms. The van der Waals surface area contributed by atoms with Gasteiger partial charge in [-0.2, -0.15) is 0 Å². The van der Waals surface area contributed by atoms with Crippen molar-refractivity contribution in [2.45, 2.75) is 38.6 Å². The van der Waals surface area contributed by atoms with Crippen LogP contribution >= 0.6 is 11.6 Å². The van der Waals surface area contributed by atoms with E-state index >= 15 is 0 Å². The van der Waals surface area contributed by atoms with E-state index in [-0.39, 0.29) is 17.6 Å². The number of likely N-dealkylation sites (tertiary alicyclic amines) is 1. The van der Waals surface area contributed by atoms with Crippen molar-refractivity contribution in [1.82, 2.24) is 4.90 Å². The van der Waals surface area contributed by atoms with Gasteiger partial charge in [-0.05, 0) is 44.2 Å². The summed E-state index contributed by atoms with van der Waals surface area (Å²) in [6.07, 6.45) is 3.88. The lowest BCUT2D eigenvalue weighted by atomic mass is 9.97. The Bertz CT molecular complexity index is 546. The molecule has 1 aliphatic rings. The third-order valence-corrected chi connectivity index (χ3v) is 4.20. The number of halogens is 1. The van der Waals surface area contributed by atoms with Gasteiger partial charge in [-0.15, -0.1) is 11.6 Å². The fraction of sp³-hybridized carbons (Fsp3) is 0.533. The monoisotopic (exact) mass is 310 g/mol. The van der Waals surface area contributed by atoms with Crippen LogP contribution in [0, 0.1) is 17.0 Å². The number of non-ortho nitro benzene ring substituents is 1. The molecule has 0 radical (unpaired) electrons. The molecule has 114 valence electrons. The topological polar surface area (TPSA) is 63.5 Å². The van der Waals surface area contributed by atoms with Crippen LogP contribution in [0.15, 0.2) is 18.2 Å². The van der Waals surface area contributed by atoms with Gasteiger partial charge in [0.2, 0.25) is 0 Å². The van der Waals surface area contributed by atoms with E-state index in [1.807, 2.05) is 4.90 Å². The number of hydrogen-bond acceptors (Lipinski definition) is 3. The first-order chi connectivity index (χ1) is 10.0. The van der Waals surface area contributed by atoms with E-state index in [0.717, 1.165) is 32.2 Å². The minimum absolute atomic E-state index is 0.0139. The summed E-state index contributed by atoms with van der Waals surface area (Å²) in [5.74, 6) is 0.491. The Morgan fingerprint density at radius 2 is 2.24 bits per heavy atom. The highest BCUT2D eigenvalue weighted by Crippen LogP contribution is 2.25. The molecular formula is C15H19ClN2O3. The van der Waals surface area contributed by atoms with E-state index in [1.54, 1.807) is 13.0 Å². The number of alkyl halides is 1. The third kappa shape index (κ3) is 3.53. The summed E-state index contributed by atoms with van der Waals surface area (Å²) in [7, 11) is 0. The van der Waals surface area contributed by atoms with E-state index < -0.39 is 4.92 Å². The maximum Gasteiger partial charge on any atom is 0.269 e. The molecule has 1 amide bonds. The number of rotatable bonds is 4. The van der Waals surface area contributed by atoms with Gasteiger partial charge in [0.25, 0.3) is 11.6 Å². The van der Waals surface area contributed by atoms with Gasteiger partial charge in [0.05, 0.1) is 4.92 Å². The highest BCUT2D eigenvalue weighted by molar-refractivity contribution is 6.17. The predicted molar refractivity (Wildman–Crippen MR) is 81.8 cm³/mol. The smallest absolute Gasteiger partial charge is 0.269 e. The summed E-state index contributed by atoms with van der Waals surface area (Å²) in [5.41, 5.74) is 1.20. The summed E-state index contributed by atoms with van der Waals surface area (Å²) in [5, 5.41) is 10.8. The number of amides is 1. The molecule has 0 aliphatic carbocycles. The van der Waals surface area contributed by atoms with Crippen molar-refractivity contribution in [2.24, 2.45) is 0 Å². The minimum Gasteiger partial charge on any atom is -0.336 e. The largest absolute Gasteiger partial charge is 0.336 e. The average molecular weight is 311 g/mol. The molecule has 0 N–H and O–H groups in total. The van der Waals surface area contributed by atoms with Gasteiger partial charge in [-0.1, -0.05) is 0 Å². The SMILES string of the molecule is Cc1cc([N+](=O)[O-])ccc1C(=O)N1CCCCC1CCCl. The molecule has 1 fully saturated rings. The Kier molecular flexibility index (Phi) is 5.17. The molecule has 0 spiro atoms.